The summed E-state index contributed by atoms with van der Waals surface area (Å²) < 4.78 is 0. The predicted molar refractivity (Wildman–Crippen MR) is 71.7 cm³/mol. The molecule has 17 heavy (non-hydrogen) atoms. The number of amides is 1. The first-order chi connectivity index (χ1) is 8.21. The zero-order valence-electron chi connectivity index (χ0n) is 10.7. The lowest BCUT2D eigenvalue weighted by Crippen LogP contribution is -2.41. The largest absolute Gasteiger partial charge is 0.352 e. The highest BCUT2D eigenvalue weighted by Crippen LogP contribution is 2.27. The van der Waals surface area contributed by atoms with Crippen molar-refractivity contribution in [2.45, 2.75) is 56.7 Å². The van der Waals surface area contributed by atoms with Gasteiger partial charge in [0.1, 0.15) is 5.92 Å². The highest BCUT2D eigenvalue weighted by atomic mass is 32.2. The van der Waals surface area contributed by atoms with E-state index in [4.69, 9.17) is 5.26 Å². The first kappa shape index (κ1) is 14.4. The number of nitrogens with one attached hydrogen (secondary N) is 1. The Hall–Kier alpha value is -0.690. The fourth-order valence-corrected chi connectivity index (χ4v) is 3.16. The van der Waals surface area contributed by atoms with E-state index in [1.165, 1.54) is 12.8 Å². The van der Waals surface area contributed by atoms with Gasteiger partial charge >= 0.3 is 0 Å². The number of hydrogen-bond donors (Lipinski definition) is 1. The molecular formula is C13H22N2OS. The average molecular weight is 254 g/mol. The molecule has 1 saturated carbocycles. The third-order valence-corrected chi connectivity index (χ3v) is 4.45. The molecule has 1 aliphatic rings. The summed E-state index contributed by atoms with van der Waals surface area (Å²) in [7, 11) is 0. The first-order valence-corrected chi connectivity index (χ1v) is 7.72. The van der Waals surface area contributed by atoms with Crippen LogP contribution in [-0.4, -0.2) is 23.5 Å². The van der Waals surface area contributed by atoms with Crippen molar-refractivity contribution in [2.75, 3.05) is 6.26 Å². The maximum atomic E-state index is 11.9. The molecule has 3 nitrogen and oxygen atoms in total. The van der Waals surface area contributed by atoms with E-state index in [1.807, 2.05) is 18.7 Å². The highest BCUT2D eigenvalue weighted by Gasteiger charge is 2.25. The van der Waals surface area contributed by atoms with E-state index in [0.717, 1.165) is 19.3 Å². The summed E-state index contributed by atoms with van der Waals surface area (Å²) in [5.74, 6) is -0.532. The topological polar surface area (TPSA) is 52.9 Å². The Kier molecular flexibility index (Phi) is 6.43. The Morgan fingerprint density at radius 2 is 2.35 bits per heavy atom. The first-order valence-electron chi connectivity index (χ1n) is 6.44. The van der Waals surface area contributed by atoms with Crippen molar-refractivity contribution in [3.8, 4) is 6.07 Å². The Balaban J connectivity index is 2.42. The zero-order chi connectivity index (χ0) is 12.7. The summed E-state index contributed by atoms with van der Waals surface area (Å²) in [5, 5.41) is 12.7. The van der Waals surface area contributed by atoms with Gasteiger partial charge in [0.15, 0.2) is 0 Å². The predicted octanol–water partition coefficient (Wildman–Crippen LogP) is 2.72. The van der Waals surface area contributed by atoms with Crippen LogP contribution in [0.5, 0.6) is 0 Å². The van der Waals surface area contributed by atoms with Crippen molar-refractivity contribution in [3.63, 3.8) is 0 Å². The maximum Gasteiger partial charge on any atom is 0.237 e. The van der Waals surface area contributed by atoms with Gasteiger partial charge in [-0.25, -0.2) is 0 Å². The number of hydrogen-bond acceptors (Lipinski definition) is 3. The second-order valence-corrected chi connectivity index (χ2v) is 5.84. The minimum atomic E-state index is -0.463. The van der Waals surface area contributed by atoms with Gasteiger partial charge < -0.3 is 5.32 Å². The Labute approximate surface area is 108 Å². The molecule has 0 saturated heterocycles. The standard InChI is InChI=1S/C13H22N2OS/c1-3-5-10(9-14)13(16)15-11-6-4-7-12(8-11)17-2/h10-12H,3-8H2,1-2H3,(H,15,16). The second-order valence-electron chi connectivity index (χ2n) is 4.70. The van der Waals surface area contributed by atoms with Crippen molar-refractivity contribution in [1.29, 1.82) is 5.26 Å². The number of thioether (sulfide) groups is 1. The van der Waals surface area contributed by atoms with Gasteiger partial charge in [0.2, 0.25) is 5.91 Å². The van der Waals surface area contributed by atoms with Crippen LogP contribution >= 0.6 is 11.8 Å². The van der Waals surface area contributed by atoms with Gasteiger partial charge in [-0.05, 0) is 31.9 Å². The molecule has 1 aliphatic carbocycles. The molecule has 1 N–H and O–H groups in total. The quantitative estimate of drug-likeness (QED) is 0.820. The summed E-state index contributed by atoms with van der Waals surface area (Å²) in [5.41, 5.74) is 0. The van der Waals surface area contributed by atoms with Gasteiger partial charge in [0.25, 0.3) is 0 Å². The van der Waals surface area contributed by atoms with Crippen molar-refractivity contribution in [1.82, 2.24) is 5.32 Å². The molecule has 1 fully saturated rings. The summed E-state index contributed by atoms with van der Waals surface area (Å²) in [6.45, 7) is 2.00. The number of rotatable bonds is 5. The van der Waals surface area contributed by atoms with E-state index < -0.39 is 5.92 Å². The number of nitrogens with zero attached hydrogens (tertiary/aromatic N) is 1. The lowest BCUT2D eigenvalue weighted by molar-refractivity contribution is -0.124. The molecule has 0 bridgehead atoms. The average Bonchev–Trinajstić information content (AvgIpc) is 2.36. The maximum absolute atomic E-state index is 11.9. The number of nitriles is 1. The van der Waals surface area contributed by atoms with E-state index in [1.54, 1.807) is 0 Å². The van der Waals surface area contributed by atoms with Crippen LogP contribution in [0.2, 0.25) is 0 Å². The molecule has 4 heteroatoms. The normalized spacial score (nSPS) is 25.9. The fourth-order valence-electron chi connectivity index (χ4n) is 2.33. The van der Waals surface area contributed by atoms with E-state index in [0.29, 0.717) is 11.7 Å². The number of carbonyl (C=O) groups excluding carboxylic acids is 1. The second kappa shape index (κ2) is 7.60. The summed E-state index contributed by atoms with van der Waals surface area (Å²) in [4.78, 5) is 11.9. The molecule has 3 unspecified atom stereocenters. The van der Waals surface area contributed by atoms with Crippen molar-refractivity contribution in [3.05, 3.63) is 0 Å². The molecule has 96 valence electrons. The third-order valence-electron chi connectivity index (χ3n) is 3.36. The molecule has 0 aliphatic heterocycles. The van der Waals surface area contributed by atoms with Gasteiger partial charge in [-0.3, -0.25) is 4.79 Å². The Bertz CT molecular complexity index is 288. The Morgan fingerprint density at radius 3 is 2.94 bits per heavy atom. The van der Waals surface area contributed by atoms with Crippen LogP contribution in [0.25, 0.3) is 0 Å². The van der Waals surface area contributed by atoms with Crippen LogP contribution in [0, 0.1) is 17.2 Å². The number of carbonyl (C=O) groups is 1. The summed E-state index contributed by atoms with van der Waals surface area (Å²) in [6.07, 6.45) is 8.23. The van der Waals surface area contributed by atoms with Crippen molar-refractivity contribution >= 4 is 17.7 Å². The lowest BCUT2D eigenvalue weighted by Gasteiger charge is -2.29. The van der Waals surface area contributed by atoms with Gasteiger partial charge in [-0.1, -0.05) is 19.8 Å². The van der Waals surface area contributed by atoms with E-state index >= 15 is 0 Å². The monoisotopic (exact) mass is 254 g/mol. The third kappa shape index (κ3) is 4.59. The van der Waals surface area contributed by atoms with Gasteiger partial charge in [-0.15, -0.1) is 0 Å². The smallest absolute Gasteiger partial charge is 0.237 e. The SMILES string of the molecule is CCCC(C#N)C(=O)NC1CCCC(SC)C1. The van der Waals surface area contributed by atoms with E-state index in [-0.39, 0.29) is 11.9 Å². The summed E-state index contributed by atoms with van der Waals surface area (Å²) >= 11 is 1.88. The van der Waals surface area contributed by atoms with Crippen molar-refractivity contribution in [2.24, 2.45) is 5.92 Å². The highest BCUT2D eigenvalue weighted by molar-refractivity contribution is 7.99. The van der Waals surface area contributed by atoms with Crippen LogP contribution in [0.15, 0.2) is 0 Å². The molecular weight excluding hydrogens is 232 g/mol. The van der Waals surface area contributed by atoms with Gasteiger partial charge in [-0.2, -0.15) is 17.0 Å². The molecule has 1 amide bonds. The molecule has 1 rings (SSSR count). The Morgan fingerprint density at radius 1 is 1.59 bits per heavy atom. The van der Waals surface area contributed by atoms with Crippen LogP contribution in [0.1, 0.15) is 45.4 Å². The molecule has 0 radical (unpaired) electrons. The van der Waals surface area contributed by atoms with Crippen LogP contribution < -0.4 is 5.32 Å². The zero-order valence-corrected chi connectivity index (χ0v) is 11.6. The van der Waals surface area contributed by atoms with E-state index in [9.17, 15) is 4.79 Å². The van der Waals surface area contributed by atoms with Crippen molar-refractivity contribution < 1.29 is 4.79 Å². The molecule has 0 aromatic rings. The fraction of sp³-hybridized carbons (Fsp3) is 0.846. The van der Waals surface area contributed by atoms with E-state index in [2.05, 4.69) is 17.6 Å². The van der Waals surface area contributed by atoms with Gasteiger partial charge in [0, 0.05) is 11.3 Å². The summed E-state index contributed by atoms with van der Waals surface area (Å²) in [6, 6.07) is 2.38. The molecule has 0 heterocycles. The van der Waals surface area contributed by atoms with Crippen LogP contribution in [0.3, 0.4) is 0 Å². The molecule has 0 spiro atoms. The van der Waals surface area contributed by atoms with Crippen LogP contribution in [-0.2, 0) is 4.79 Å². The molecule has 0 aromatic carbocycles. The lowest BCUT2D eigenvalue weighted by atomic mass is 9.94. The minimum Gasteiger partial charge on any atom is -0.352 e. The molecule has 3 atom stereocenters. The van der Waals surface area contributed by atoms with Gasteiger partial charge in [0.05, 0.1) is 6.07 Å². The minimum absolute atomic E-state index is 0.0684. The van der Waals surface area contributed by atoms with Crippen LogP contribution in [0.4, 0.5) is 0 Å². The molecule has 0 aromatic heterocycles.